The van der Waals surface area contributed by atoms with E-state index in [-0.39, 0.29) is 22.4 Å². The van der Waals surface area contributed by atoms with Crippen molar-refractivity contribution in [2.75, 3.05) is 20.1 Å². The minimum Gasteiger partial charge on any atom is -0.600 e. The van der Waals surface area contributed by atoms with Crippen molar-refractivity contribution in [3.8, 4) is 11.3 Å². The number of rotatable bonds is 10. The summed E-state index contributed by atoms with van der Waals surface area (Å²) in [7, 11) is 1.81. The van der Waals surface area contributed by atoms with Crippen molar-refractivity contribution in [3.63, 3.8) is 0 Å². The SMILES string of the molecule is CC(C)C[C@H](CC(=O)[C@@H](NC(=O)c1cccc(-c2ccccc2)n1)[C@@H](C)O)[B-]12OC(=O)[C@@H]3CNC[C@@H](C(=O)O1)[N+]32C. The second kappa shape index (κ2) is 11.0. The molecule has 41 heavy (non-hydrogen) atoms. The maximum atomic E-state index is 13.8. The second-order valence-corrected chi connectivity index (χ2v) is 12.0. The van der Waals surface area contributed by atoms with Crippen molar-refractivity contribution < 1.29 is 38.0 Å². The van der Waals surface area contributed by atoms with E-state index in [9.17, 15) is 24.3 Å². The van der Waals surface area contributed by atoms with Crippen molar-refractivity contribution in [1.82, 2.24) is 15.6 Å². The molecule has 218 valence electrons. The third-order valence-corrected chi connectivity index (χ3v) is 8.91. The molecule has 3 fully saturated rings. The first kappa shape index (κ1) is 28.9. The number of nitrogens with one attached hydrogen (secondary N) is 2. The first-order valence-electron chi connectivity index (χ1n) is 14.2. The molecule has 3 aliphatic rings. The summed E-state index contributed by atoms with van der Waals surface area (Å²) >= 11 is 0. The highest BCUT2D eigenvalue weighted by molar-refractivity contribution is 6.68. The standard InChI is InChI=1S/C29H37BN4O7/c1-17(2)13-20(30-34(4)23(28(38)40-30)15-31-16-24(34)29(39)41-30)14-25(36)26(18(3)35)33-27(37)22-12-8-11-21(32-22)19-9-6-5-7-10-19/h5-12,17-18,20,23-24,26,31,35H,13-16H2,1-4H3,(H,33,37)/t18-,20-,23+,24+,26+,30?,34?/m1/s1. The zero-order valence-electron chi connectivity index (χ0n) is 23.8. The van der Waals surface area contributed by atoms with E-state index in [0.29, 0.717) is 25.2 Å². The molecule has 0 saturated carbocycles. The summed E-state index contributed by atoms with van der Waals surface area (Å²) in [6.45, 7) is 3.51. The van der Waals surface area contributed by atoms with Crippen LogP contribution in [0.4, 0.5) is 0 Å². The summed E-state index contributed by atoms with van der Waals surface area (Å²) in [5.41, 5.74) is 1.53. The summed E-state index contributed by atoms with van der Waals surface area (Å²) in [6.07, 6.45) is -0.934. The van der Waals surface area contributed by atoms with Crippen LogP contribution < -0.4 is 10.6 Å². The number of benzene rings is 1. The van der Waals surface area contributed by atoms with Crippen molar-refractivity contribution in [2.24, 2.45) is 5.92 Å². The summed E-state index contributed by atoms with van der Waals surface area (Å²) in [6, 6.07) is 11.9. The minimum absolute atomic E-state index is 0.0166. The van der Waals surface area contributed by atoms with Gasteiger partial charge in [-0.3, -0.25) is 9.59 Å². The van der Waals surface area contributed by atoms with Gasteiger partial charge in [0.25, 0.3) is 5.91 Å². The number of carbonyl (C=O) groups excluding carboxylic acids is 4. The normalized spacial score (nSPS) is 28.8. The second-order valence-electron chi connectivity index (χ2n) is 12.0. The predicted octanol–water partition coefficient (Wildman–Crippen LogP) is 1.44. The summed E-state index contributed by atoms with van der Waals surface area (Å²) < 4.78 is 11.9. The van der Waals surface area contributed by atoms with Crippen molar-refractivity contribution >= 4 is 30.3 Å². The van der Waals surface area contributed by atoms with Crippen LogP contribution in [0.1, 0.15) is 44.1 Å². The average molecular weight is 564 g/mol. The summed E-state index contributed by atoms with van der Waals surface area (Å²) in [5.74, 6) is -2.52. The number of piperazine rings is 1. The number of aliphatic hydroxyl groups excluding tert-OH is 1. The molecule has 0 radical (unpaired) electrons. The van der Waals surface area contributed by atoms with E-state index < -0.39 is 60.4 Å². The molecule has 3 saturated heterocycles. The molecule has 3 aliphatic heterocycles. The molecule has 5 rings (SSSR count). The lowest BCUT2D eigenvalue weighted by Gasteiger charge is -2.52. The average Bonchev–Trinajstić information content (AvgIpc) is 3.31. The lowest BCUT2D eigenvalue weighted by atomic mass is 9.51. The number of aliphatic hydroxyl groups is 1. The van der Waals surface area contributed by atoms with Gasteiger partial charge in [-0.05, 0) is 37.2 Å². The fourth-order valence-corrected chi connectivity index (χ4v) is 6.89. The molecule has 0 unspecified atom stereocenters. The molecule has 1 aromatic heterocycles. The molecule has 1 amide bonds. The van der Waals surface area contributed by atoms with Crippen LogP contribution in [0.5, 0.6) is 0 Å². The molecule has 1 aromatic carbocycles. The maximum Gasteiger partial charge on any atom is 0.587 e. The number of hydrogen-bond donors (Lipinski definition) is 3. The number of hydrogen-bond acceptors (Lipinski definition) is 9. The Kier molecular flexibility index (Phi) is 7.75. The number of ketones is 1. The molecule has 0 aliphatic carbocycles. The zero-order valence-corrected chi connectivity index (χ0v) is 23.8. The fraction of sp³-hybridized carbons (Fsp3) is 0.483. The molecule has 0 spiro atoms. The van der Waals surface area contributed by atoms with Crippen LogP contribution in [-0.4, -0.2) is 89.2 Å². The van der Waals surface area contributed by atoms with E-state index in [0.717, 1.165) is 5.56 Å². The quantitative estimate of drug-likeness (QED) is 0.365. The van der Waals surface area contributed by atoms with Crippen molar-refractivity contribution in [1.29, 1.82) is 0 Å². The Balaban J connectivity index is 1.40. The largest absolute Gasteiger partial charge is 0.600 e. The van der Waals surface area contributed by atoms with Gasteiger partial charge in [0.05, 0.1) is 24.9 Å². The molecule has 5 atom stereocenters. The molecule has 3 N–H and O–H groups in total. The van der Waals surface area contributed by atoms with E-state index >= 15 is 0 Å². The molecule has 11 nitrogen and oxygen atoms in total. The maximum absolute atomic E-state index is 13.8. The van der Waals surface area contributed by atoms with Crippen LogP contribution in [0.3, 0.4) is 0 Å². The third kappa shape index (κ3) is 4.94. The van der Waals surface area contributed by atoms with Gasteiger partial charge < -0.3 is 29.4 Å². The number of nitrogens with zero attached hydrogens (tertiary/aromatic N) is 2. The molecule has 0 bridgehead atoms. The van der Waals surface area contributed by atoms with Gasteiger partial charge in [-0.2, -0.15) is 0 Å². The van der Waals surface area contributed by atoms with Crippen LogP contribution in [0.2, 0.25) is 5.82 Å². The highest BCUT2D eigenvalue weighted by Crippen LogP contribution is 2.51. The highest BCUT2D eigenvalue weighted by atomic mass is 16.7. The van der Waals surface area contributed by atoms with Gasteiger partial charge in [0.15, 0.2) is 17.9 Å². The monoisotopic (exact) mass is 564 g/mol. The van der Waals surface area contributed by atoms with Gasteiger partial charge in [-0.25, -0.2) is 14.6 Å². The number of Topliss-reactive ketones (excluding diaryl/α,β-unsaturated/α-hetero) is 1. The summed E-state index contributed by atoms with van der Waals surface area (Å²) in [4.78, 5) is 57.5. The van der Waals surface area contributed by atoms with E-state index in [1.54, 1.807) is 18.2 Å². The van der Waals surface area contributed by atoms with Gasteiger partial charge in [0.2, 0.25) is 0 Å². The zero-order chi connectivity index (χ0) is 29.5. The fourth-order valence-electron chi connectivity index (χ4n) is 6.89. The minimum atomic E-state index is -2.56. The number of aromatic nitrogens is 1. The Morgan fingerprint density at radius 1 is 1.05 bits per heavy atom. The van der Waals surface area contributed by atoms with Crippen molar-refractivity contribution in [3.05, 3.63) is 54.2 Å². The lowest BCUT2D eigenvalue weighted by molar-refractivity contribution is -0.846. The smallest absolute Gasteiger partial charge is 0.587 e. The molecule has 12 heteroatoms. The number of likely N-dealkylation sites (N-methyl/N-ethyl adjacent to an activating group) is 1. The Morgan fingerprint density at radius 2 is 1.68 bits per heavy atom. The van der Waals surface area contributed by atoms with Gasteiger partial charge in [-0.15, -0.1) is 0 Å². The van der Waals surface area contributed by atoms with Gasteiger partial charge in [0, 0.05) is 12.6 Å². The predicted molar refractivity (Wildman–Crippen MR) is 150 cm³/mol. The highest BCUT2D eigenvalue weighted by Gasteiger charge is 2.76. The first-order valence-corrected chi connectivity index (χ1v) is 14.2. The van der Waals surface area contributed by atoms with Crippen LogP contribution in [0.25, 0.3) is 11.3 Å². The molecular weight excluding hydrogens is 527 g/mol. The van der Waals surface area contributed by atoms with Crippen LogP contribution >= 0.6 is 0 Å². The van der Waals surface area contributed by atoms with Crippen LogP contribution in [0, 0.1) is 5.92 Å². The first-order chi connectivity index (χ1) is 19.5. The number of carbonyl (C=O) groups is 4. The number of amides is 1. The van der Waals surface area contributed by atoms with E-state index in [4.69, 9.17) is 9.31 Å². The van der Waals surface area contributed by atoms with E-state index in [1.807, 2.05) is 51.2 Å². The topological polar surface area (TPSA) is 144 Å². The molecular formula is C29H37BN4O7. The number of pyridine rings is 1. The third-order valence-electron chi connectivity index (χ3n) is 8.91. The van der Waals surface area contributed by atoms with E-state index in [2.05, 4.69) is 15.6 Å². The van der Waals surface area contributed by atoms with Crippen molar-refractivity contribution in [2.45, 2.75) is 63.7 Å². The summed E-state index contributed by atoms with van der Waals surface area (Å²) in [5, 5.41) is 16.4. The van der Waals surface area contributed by atoms with Gasteiger partial charge >= 0.3 is 18.6 Å². The van der Waals surface area contributed by atoms with Gasteiger partial charge in [0.1, 0.15) is 11.7 Å². The molecule has 2 aromatic rings. The van der Waals surface area contributed by atoms with Crippen LogP contribution in [-0.2, 0) is 23.7 Å². The van der Waals surface area contributed by atoms with Gasteiger partial charge in [-0.1, -0.05) is 56.7 Å². The number of quaternary nitrogens is 1. The van der Waals surface area contributed by atoms with E-state index in [1.165, 1.54) is 6.92 Å². The Bertz CT molecular complexity index is 1330. The Labute approximate surface area is 239 Å². The lowest BCUT2D eigenvalue weighted by Crippen LogP contribution is -2.74. The Hall–Kier alpha value is -3.61. The Morgan fingerprint density at radius 3 is 2.27 bits per heavy atom. The van der Waals surface area contributed by atoms with Crippen LogP contribution in [0.15, 0.2) is 48.5 Å². The molecule has 4 heterocycles.